The van der Waals surface area contributed by atoms with Crippen LogP contribution in [0.2, 0.25) is 0 Å². The Kier molecular flexibility index (Phi) is 7.08. The number of carbonyl (C=O) groups is 2. The summed E-state index contributed by atoms with van der Waals surface area (Å²) in [7, 11) is 0. The number of thiophene rings is 1. The molecule has 2 aromatic heterocycles. The number of nitrogens with one attached hydrogen (secondary N) is 1. The Morgan fingerprint density at radius 3 is 2.64 bits per heavy atom. The van der Waals surface area contributed by atoms with Gasteiger partial charge in [-0.1, -0.05) is 11.6 Å². The van der Waals surface area contributed by atoms with Gasteiger partial charge in [-0.15, -0.1) is 11.3 Å². The van der Waals surface area contributed by atoms with Crippen LogP contribution in [0.25, 0.3) is 10.6 Å². The molecule has 2 aromatic rings. The lowest BCUT2D eigenvalue weighted by atomic mass is 10.1. The van der Waals surface area contributed by atoms with E-state index in [2.05, 4.69) is 19.9 Å². The maximum atomic E-state index is 13.0. The maximum Gasteiger partial charge on any atom is 0.452 e. The number of hydrogen-bond donors (Lipinski definition) is 1. The number of likely N-dealkylation sites (tertiary alicyclic amines) is 2. The van der Waals surface area contributed by atoms with Crippen LogP contribution >= 0.6 is 11.3 Å². The molecule has 0 aliphatic carbocycles. The van der Waals surface area contributed by atoms with E-state index in [-0.39, 0.29) is 29.1 Å². The van der Waals surface area contributed by atoms with Gasteiger partial charge in [0, 0.05) is 24.7 Å². The molecular formula is C22H27F3N4O3S. The molecule has 2 aliphatic heterocycles. The summed E-state index contributed by atoms with van der Waals surface area (Å²) >= 11 is 1.09. The van der Waals surface area contributed by atoms with E-state index in [0.29, 0.717) is 29.4 Å². The minimum Gasteiger partial charge on any atom is -0.351 e. The van der Waals surface area contributed by atoms with Crippen LogP contribution in [0, 0.1) is 6.92 Å². The Morgan fingerprint density at radius 1 is 1.18 bits per heavy atom. The van der Waals surface area contributed by atoms with Gasteiger partial charge in [0.05, 0.1) is 16.3 Å². The summed E-state index contributed by atoms with van der Waals surface area (Å²) in [4.78, 5) is 30.2. The first-order valence-electron chi connectivity index (χ1n) is 11.2. The second-order valence-electron chi connectivity index (χ2n) is 8.64. The van der Waals surface area contributed by atoms with Crippen molar-refractivity contribution in [2.24, 2.45) is 0 Å². The third-order valence-electron chi connectivity index (χ3n) is 6.12. The van der Waals surface area contributed by atoms with Crippen LogP contribution in [0.4, 0.5) is 13.2 Å². The minimum atomic E-state index is -4.62. The lowest BCUT2D eigenvalue weighted by Gasteiger charge is -2.33. The van der Waals surface area contributed by atoms with Crippen LogP contribution in [0.5, 0.6) is 0 Å². The zero-order valence-electron chi connectivity index (χ0n) is 18.4. The van der Waals surface area contributed by atoms with Gasteiger partial charge in [0.15, 0.2) is 0 Å². The van der Waals surface area contributed by atoms with Crippen LogP contribution in [0.1, 0.15) is 53.1 Å². The Hall–Kier alpha value is -2.40. The van der Waals surface area contributed by atoms with E-state index in [4.69, 9.17) is 0 Å². The summed E-state index contributed by atoms with van der Waals surface area (Å²) in [6.45, 7) is 4.57. The molecule has 4 rings (SSSR count). The SMILES string of the molecule is Cc1c(-c2ccc(C(=O)N3CCC[C@H](NC(=O)CN4CCCCC4)C3)s2)noc1C(F)(F)F. The molecule has 0 spiro atoms. The zero-order chi connectivity index (χ0) is 23.6. The zero-order valence-corrected chi connectivity index (χ0v) is 19.2. The summed E-state index contributed by atoms with van der Waals surface area (Å²) in [5.41, 5.74) is -0.00863. The fourth-order valence-corrected chi connectivity index (χ4v) is 5.45. The van der Waals surface area contributed by atoms with Gasteiger partial charge in [0.2, 0.25) is 11.7 Å². The lowest BCUT2D eigenvalue weighted by Crippen LogP contribution is -2.51. The largest absolute Gasteiger partial charge is 0.452 e. The van der Waals surface area contributed by atoms with Gasteiger partial charge < -0.3 is 14.7 Å². The van der Waals surface area contributed by atoms with Gasteiger partial charge in [0.1, 0.15) is 5.69 Å². The third-order valence-corrected chi connectivity index (χ3v) is 7.20. The summed E-state index contributed by atoms with van der Waals surface area (Å²) in [6, 6.07) is 3.08. The van der Waals surface area contributed by atoms with Crippen molar-refractivity contribution in [2.45, 2.75) is 51.2 Å². The molecule has 0 aromatic carbocycles. The molecular weight excluding hydrogens is 457 g/mol. The molecule has 33 heavy (non-hydrogen) atoms. The Labute approximate surface area is 193 Å². The molecule has 180 valence electrons. The highest BCUT2D eigenvalue weighted by molar-refractivity contribution is 7.17. The molecule has 0 radical (unpaired) electrons. The number of aromatic nitrogens is 1. The maximum absolute atomic E-state index is 13.0. The van der Waals surface area contributed by atoms with Crippen molar-refractivity contribution in [1.29, 1.82) is 0 Å². The second kappa shape index (κ2) is 9.84. The molecule has 11 heteroatoms. The van der Waals surface area contributed by atoms with Gasteiger partial charge in [0.25, 0.3) is 5.91 Å². The monoisotopic (exact) mass is 484 g/mol. The summed E-state index contributed by atoms with van der Waals surface area (Å²) < 4.78 is 43.5. The van der Waals surface area contributed by atoms with E-state index in [9.17, 15) is 22.8 Å². The van der Waals surface area contributed by atoms with Crippen molar-refractivity contribution in [3.05, 3.63) is 28.3 Å². The Morgan fingerprint density at radius 2 is 1.94 bits per heavy atom. The molecule has 0 unspecified atom stereocenters. The van der Waals surface area contributed by atoms with Crippen LogP contribution in [0.3, 0.4) is 0 Å². The topological polar surface area (TPSA) is 78.7 Å². The van der Waals surface area contributed by atoms with Gasteiger partial charge >= 0.3 is 6.18 Å². The fraction of sp³-hybridized carbons (Fsp3) is 0.591. The predicted octanol–water partition coefficient (Wildman–Crippen LogP) is 3.94. The van der Waals surface area contributed by atoms with E-state index in [1.54, 1.807) is 17.0 Å². The normalized spacial score (nSPS) is 20.1. The first-order chi connectivity index (χ1) is 15.7. The number of rotatable bonds is 5. The fourth-order valence-electron chi connectivity index (χ4n) is 4.44. The molecule has 2 fully saturated rings. The van der Waals surface area contributed by atoms with Crippen LogP contribution in [-0.2, 0) is 11.0 Å². The van der Waals surface area contributed by atoms with E-state index in [1.165, 1.54) is 13.3 Å². The molecule has 1 atom stereocenters. The highest BCUT2D eigenvalue weighted by Crippen LogP contribution is 2.38. The number of amides is 2. The van der Waals surface area contributed by atoms with Gasteiger partial charge in [-0.25, -0.2) is 0 Å². The van der Waals surface area contributed by atoms with Crippen molar-refractivity contribution in [2.75, 3.05) is 32.7 Å². The van der Waals surface area contributed by atoms with E-state index in [1.807, 2.05) is 0 Å². The highest BCUT2D eigenvalue weighted by Gasteiger charge is 2.39. The second-order valence-corrected chi connectivity index (χ2v) is 9.73. The van der Waals surface area contributed by atoms with Gasteiger partial charge in [-0.2, -0.15) is 13.2 Å². The number of halogens is 3. The van der Waals surface area contributed by atoms with Crippen molar-refractivity contribution < 1.29 is 27.3 Å². The molecule has 0 bridgehead atoms. The first kappa shape index (κ1) is 23.7. The summed E-state index contributed by atoms with van der Waals surface area (Å²) in [5, 5.41) is 6.63. The van der Waals surface area contributed by atoms with Crippen molar-refractivity contribution in [3.8, 4) is 10.6 Å². The van der Waals surface area contributed by atoms with Crippen LogP contribution in [-0.4, -0.2) is 65.5 Å². The summed E-state index contributed by atoms with van der Waals surface area (Å²) in [6.07, 6.45) is 0.411. The first-order valence-corrected chi connectivity index (χ1v) is 12.0. The molecule has 0 saturated carbocycles. The molecule has 2 aliphatic rings. The molecule has 2 amide bonds. The number of carbonyl (C=O) groups excluding carboxylic acids is 2. The molecule has 4 heterocycles. The van der Waals surface area contributed by atoms with Crippen LogP contribution < -0.4 is 5.32 Å². The molecule has 2 saturated heterocycles. The average molecular weight is 485 g/mol. The van der Waals surface area contributed by atoms with Crippen molar-refractivity contribution >= 4 is 23.2 Å². The number of nitrogens with zero attached hydrogens (tertiary/aromatic N) is 3. The smallest absolute Gasteiger partial charge is 0.351 e. The predicted molar refractivity (Wildman–Crippen MR) is 117 cm³/mol. The Bertz CT molecular complexity index is 997. The quantitative estimate of drug-likeness (QED) is 0.696. The van der Waals surface area contributed by atoms with Gasteiger partial charge in [-0.3, -0.25) is 14.5 Å². The number of hydrogen-bond acceptors (Lipinski definition) is 6. The van der Waals surface area contributed by atoms with Crippen LogP contribution in [0.15, 0.2) is 16.7 Å². The lowest BCUT2D eigenvalue weighted by molar-refractivity contribution is -0.156. The van der Waals surface area contributed by atoms with E-state index < -0.39 is 11.9 Å². The average Bonchev–Trinajstić information content (AvgIpc) is 3.40. The summed E-state index contributed by atoms with van der Waals surface area (Å²) in [5.74, 6) is -1.34. The third kappa shape index (κ3) is 5.57. The molecule has 1 N–H and O–H groups in total. The van der Waals surface area contributed by atoms with E-state index >= 15 is 0 Å². The van der Waals surface area contributed by atoms with E-state index in [0.717, 1.165) is 50.1 Å². The molecule has 7 nitrogen and oxygen atoms in total. The Balaban J connectivity index is 1.37. The van der Waals surface area contributed by atoms with Crippen molar-refractivity contribution in [3.63, 3.8) is 0 Å². The number of alkyl halides is 3. The number of piperidine rings is 2. The minimum absolute atomic E-state index is 0.0171. The van der Waals surface area contributed by atoms with Gasteiger partial charge in [-0.05, 0) is 57.8 Å². The standard InChI is InChI=1S/C22H27F3N4O3S/c1-14-19(27-32-20(14)22(23,24)25)16-7-8-17(33-16)21(31)29-11-5-6-15(12-29)26-18(30)13-28-9-3-2-4-10-28/h7-8,15H,2-6,9-13H2,1H3,(H,26,30)/t15-/m0/s1. The highest BCUT2D eigenvalue weighted by atomic mass is 32.1. The van der Waals surface area contributed by atoms with Crippen molar-refractivity contribution in [1.82, 2.24) is 20.3 Å².